The third-order valence-electron chi connectivity index (χ3n) is 5.88. The van der Waals surface area contributed by atoms with Gasteiger partial charge < -0.3 is 25.2 Å². The first-order valence-electron chi connectivity index (χ1n) is 9.08. The van der Waals surface area contributed by atoms with Crippen LogP contribution in [0.25, 0.3) is 0 Å². The van der Waals surface area contributed by atoms with Gasteiger partial charge in [-0.15, -0.1) is 0 Å². The maximum absolute atomic E-state index is 8.96. The molecule has 2 heterocycles. The summed E-state index contributed by atoms with van der Waals surface area (Å²) in [7, 11) is 0. The number of hydrogen-bond donors (Lipinski definition) is 3. The fourth-order valence-electron chi connectivity index (χ4n) is 4.43. The minimum absolute atomic E-state index is 0.101. The van der Waals surface area contributed by atoms with Crippen LogP contribution in [-0.4, -0.2) is 62.8 Å². The lowest BCUT2D eigenvalue weighted by atomic mass is 9.67. The van der Waals surface area contributed by atoms with Crippen LogP contribution in [0, 0.1) is 5.41 Å². The fraction of sp³-hybridized carbons (Fsp3) is 1.00. The summed E-state index contributed by atoms with van der Waals surface area (Å²) in [4.78, 5) is 0. The van der Waals surface area contributed by atoms with E-state index in [1.807, 2.05) is 0 Å². The lowest BCUT2D eigenvalue weighted by Crippen LogP contribution is -2.53. The second kappa shape index (κ2) is 8.06. The van der Waals surface area contributed by atoms with E-state index in [4.69, 9.17) is 14.6 Å². The molecule has 0 aromatic heterocycles. The summed E-state index contributed by atoms with van der Waals surface area (Å²) in [6.45, 7) is 4.45. The van der Waals surface area contributed by atoms with Crippen molar-refractivity contribution in [1.82, 2.24) is 10.6 Å². The van der Waals surface area contributed by atoms with Gasteiger partial charge in [-0.2, -0.15) is 0 Å². The molecule has 3 N–H and O–H groups in total. The fourth-order valence-corrected chi connectivity index (χ4v) is 4.43. The normalized spacial score (nSPS) is 33.1. The molecule has 3 fully saturated rings. The van der Waals surface area contributed by atoms with Gasteiger partial charge >= 0.3 is 0 Å². The number of nitrogens with one attached hydrogen (secondary N) is 2. The Balaban J connectivity index is 1.46. The van der Waals surface area contributed by atoms with E-state index in [1.165, 1.54) is 51.6 Å². The Labute approximate surface area is 134 Å². The van der Waals surface area contributed by atoms with Crippen molar-refractivity contribution in [1.29, 1.82) is 0 Å². The van der Waals surface area contributed by atoms with Crippen LogP contribution in [-0.2, 0) is 9.47 Å². The molecule has 5 heteroatoms. The van der Waals surface area contributed by atoms with Gasteiger partial charge in [-0.1, -0.05) is 0 Å². The number of hydrogen-bond acceptors (Lipinski definition) is 5. The molecule has 0 aromatic rings. The highest BCUT2D eigenvalue weighted by Gasteiger charge is 2.37. The minimum Gasteiger partial charge on any atom is -0.394 e. The molecule has 2 atom stereocenters. The standard InChI is InChI=1S/C17H32N2O3/c20-10-12-22-16-3-11-21-13-15(16)19-14-1-4-17(5-2-14)6-8-18-9-7-17/h14-16,18-20H,1-13H2/t15-,16+/m0/s1. The van der Waals surface area contributed by atoms with E-state index >= 15 is 0 Å². The van der Waals surface area contributed by atoms with Crippen molar-refractivity contribution in [3.05, 3.63) is 0 Å². The topological polar surface area (TPSA) is 62.8 Å². The first-order chi connectivity index (χ1) is 10.8. The zero-order valence-electron chi connectivity index (χ0n) is 13.7. The maximum Gasteiger partial charge on any atom is 0.0773 e. The van der Waals surface area contributed by atoms with Gasteiger partial charge in [0.1, 0.15) is 0 Å². The van der Waals surface area contributed by atoms with Crippen molar-refractivity contribution in [2.45, 2.75) is 63.1 Å². The van der Waals surface area contributed by atoms with Gasteiger partial charge in [0.05, 0.1) is 32.0 Å². The second-order valence-electron chi connectivity index (χ2n) is 7.29. The Kier molecular flexibility index (Phi) is 6.10. The summed E-state index contributed by atoms with van der Waals surface area (Å²) in [6, 6.07) is 0.889. The molecule has 0 amide bonds. The first-order valence-corrected chi connectivity index (χ1v) is 9.08. The summed E-state index contributed by atoms with van der Waals surface area (Å²) in [5.74, 6) is 0. The van der Waals surface area contributed by atoms with Crippen molar-refractivity contribution >= 4 is 0 Å². The van der Waals surface area contributed by atoms with Gasteiger partial charge in [0.2, 0.25) is 0 Å². The van der Waals surface area contributed by atoms with Gasteiger partial charge in [-0.05, 0) is 63.5 Å². The Morgan fingerprint density at radius 3 is 2.64 bits per heavy atom. The molecule has 22 heavy (non-hydrogen) atoms. The van der Waals surface area contributed by atoms with Crippen molar-refractivity contribution in [2.75, 3.05) is 39.5 Å². The van der Waals surface area contributed by atoms with E-state index in [1.54, 1.807) is 0 Å². The average molecular weight is 312 g/mol. The highest BCUT2D eigenvalue weighted by atomic mass is 16.5. The van der Waals surface area contributed by atoms with E-state index in [0.717, 1.165) is 19.6 Å². The lowest BCUT2D eigenvalue weighted by molar-refractivity contribution is -0.0678. The molecule has 3 rings (SSSR count). The van der Waals surface area contributed by atoms with Crippen molar-refractivity contribution < 1.29 is 14.6 Å². The third kappa shape index (κ3) is 4.20. The number of ether oxygens (including phenoxy) is 2. The summed E-state index contributed by atoms with van der Waals surface area (Å²) >= 11 is 0. The van der Waals surface area contributed by atoms with Gasteiger partial charge in [0, 0.05) is 12.6 Å². The summed E-state index contributed by atoms with van der Waals surface area (Å²) in [5, 5.41) is 16.2. The van der Waals surface area contributed by atoms with E-state index in [0.29, 0.717) is 18.1 Å². The quantitative estimate of drug-likeness (QED) is 0.708. The summed E-state index contributed by atoms with van der Waals surface area (Å²) < 4.78 is 11.4. The molecule has 0 radical (unpaired) electrons. The smallest absolute Gasteiger partial charge is 0.0773 e. The number of piperidine rings is 1. The van der Waals surface area contributed by atoms with Crippen molar-refractivity contribution in [2.24, 2.45) is 5.41 Å². The monoisotopic (exact) mass is 312 g/mol. The molecule has 1 saturated carbocycles. The summed E-state index contributed by atoms with van der Waals surface area (Å²) in [5.41, 5.74) is 0.624. The zero-order chi connectivity index (χ0) is 15.3. The maximum atomic E-state index is 8.96. The average Bonchev–Trinajstić information content (AvgIpc) is 2.57. The lowest BCUT2D eigenvalue weighted by Gasteiger charge is -2.44. The Morgan fingerprint density at radius 2 is 1.91 bits per heavy atom. The molecular weight excluding hydrogens is 280 g/mol. The third-order valence-corrected chi connectivity index (χ3v) is 5.88. The van der Waals surface area contributed by atoms with Gasteiger partial charge in [0.15, 0.2) is 0 Å². The first kappa shape index (κ1) is 16.7. The molecule has 5 nitrogen and oxygen atoms in total. The van der Waals surface area contributed by atoms with Crippen LogP contribution < -0.4 is 10.6 Å². The highest BCUT2D eigenvalue weighted by molar-refractivity contribution is 4.93. The molecule has 1 aliphatic carbocycles. The van der Waals surface area contributed by atoms with Crippen molar-refractivity contribution in [3.8, 4) is 0 Å². The van der Waals surface area contributed by atoms with Crippen LogP contribution in [0.1, 0.15) is 44.9 Å². The highest BCUT2D eigenvalue weighted by Crippen LogP contribution is 2.43. The molecule has 0 unspecified atom stereocenters. The predicted molar refractivity (Wildman–Crippen MR) is 86.0 cm³/mol. The molecule has 1 spiro atoms. The molecular formula is C17H32N2O3. The number of aliphatic hydroxyl groups is 1. The van der Waals surface area contributed by atoms with E-state index < -0.39 is 0 Å². The Morgan fingerprint density at radius 1 is 1.14 bits per heavy atom. The Hall–Kier alpha value is -0.200. The van der Waals surface area contributed by atoms with Gasteiger partial charge in [0.25, 0.3) is 0 Å². The van der Waals surface area contributed by atoms with E-state index in [-0.39, 0.29) is 18.8 Å². The molecule has 0 aromatic carbocycles. The Bertz CT molecular complexity index is 324. The van der Waals surface area contributed by atoms with E-state index in [2.05, 4.69) is 10.6 Å². The van der Waals surface area contributed by atoms with Crippen LogP contribution in [0.5, 0.6) is 0 Å². The largest absolute Gasteiger partial charge is 0.394 e. The number of rotatable bonds is 5. The molecule has 128 valence electrons. The van der Waals surface area contributed by atoms with Gasteiger partial charge in [-0.3, -0.25) is 0 Å². The van der Waals surface area contributed by atoms with Crippen LogP contribution in [0.4, 0.5) is 0 Å². The van der Waals surface area contributed by atoms with Crippen LogP contribution >= 0.6 is 0 Å². The zero-order valence-corrected chi connectivity index (χ0v) is 13.7. The predicted octanol–water partition coefficient (Wildman–Crippen LogP) is 1.05. The molecule has 3 aliphatic rings. The van der Waals surface area contributed by atoms with Crippen molar-refractivity contribution in [3.63, 3.8) is 0 Å². The van der Waals surface area contributed by atoms with Gasteiger partial charge in [-0.25, -0.2) is 0 Å². The van der Waals surface area contributed by atoms with E-state index in [9.17, 15) is 0 Å². The van der Waals surface area contributed by atoms with Crippen LogP contribution in [0.2, 0.25) is 0 Å². The molecule has 0 bridgehead atoms. The second-order valence-corrected chi connectivity index (χ2v) is 7.29. The summed E-state index contributed by atoms with van der Waals surface area (Å²) in [6.07, 6.45) is 9.12. The molecule has 2 saturated heterocycles. The molecule has 2 aliphatic heterocycles. The van der Waals surface area contributed by atoms with Crippen LogP contribution in [0.3, 0.4) is 0 Å². The minimum atomic E-state index is 0.101. The van der Waals surface area contributed by atoms with Crippen LogP contribution in [0.15, 0.2) is 0 Å². The number of aliphatic hydroxyl groups excluding tert-OH is 1. The SMILES string of the molecule is OCCO[C@@H]1CCOC[C@@H]1NC1CCC2(CCNCC2)CC1.